The first-order valence-corrected chi connectivity index (χ1v) is 9.59. The van der Waals surface area contributed by atoms with Crippen molar-refractivity contribution in [1.29, 1.82) is 5.26 Å². The first-order valence-electron chi connectivity index (χ1n) is 9.59. The highest BCUT2D eigenvalue weighted by Gasteiger charge is 2.25. The van der Waals surface area contributed by atoms with Gasteiger partial charge in [-0.25, -0.2) is 0 Å². The Morgan fingerprint density at radius 2 is 1.77 bits per heavy atom. The van der Waals surface area contributed by atoms with Crippen LogP contribution in [0.2, 0.25) is 0 Å². The SMILES string of the molecule is COC(=O)CCc1c(-c2ccc(C#N)cc2)c(C(N)=O)c(C)n1Cc1ccccc1. The van der Waals surface area contributed by atoms with E-state index in [4.69, 9.17) is 15.7 Å². The second-order valence-corrected chi connectivity index (χ2v) is 6.98. The largest absolute Gasteiger partial charge is 0.469 e. The van der Waals surface area contributed by atoms with E-state index < -0.39 is 5.91 Å². The molecule has 6 nitrogen and oxygen atoms in total. The standard InChI is InChI=1S/C24H23N3O3/c1-16-22(24(26)29)23(19-10-8-17(14-25)9-11-19)20(12-13-21(28)30-2)27(16)15-18-6-4-3-5-7-18/h3-11H,12-13,15H2,1-2H3,(H2,26,29). The number of esters is 1. The van der Waals surface area contributed by atoms with Crippen molar-refractivity contribution in [3.63, 3.8) is 0 Å². The van der Waals surface area contributed by atoms with Crippen molar-refractivity contribution in [1.82, 2.24) is 4.57 Å². The first kappa shape index (κ1) is 20.9. The fourth-order valence-electron chi connectivity index (χ4n) is 3.68. The average molecular weight is 401 g/mol. The zero-order valence-corrected chi connectivity index (χ0v) is 17.0. The van der Waals surface area contributed by atoms with Gasteiger partial charge in [0.1, 0.15) is 0 Å². The number of carbonyl (C=O) groups excluding carboxylic acids is 2. The molecule has 0 saturated carbocycles. The van der Waals surface area contributed by atoms with Crippen molar-refractivity contribution in [2.45, 2.75) is 26.3 Å². The van der Waals surface area contributed by atoms with Crippen LogP contribution < -0.4 is 5.73 Å². The number of nitrogens with zero attached hydrogens (tertiary/aromatic N) is 2. The summed E-state index contributed by atoms with van der Waals surface area (Å²) in [4.78, 5) is 24.3. The maximum atomic E-state index is 12.4. The van der Waals surface area contributed by atoms with Gasteiger partial charge in [-0.15, -0.1) is 0 Å². The summed E-state index contributed by atoms with van der Waals surface area (Å²) < 4.78 is 6.85. The molecule has 0 spiro atoms. The third kappa shape index (κ3) is 4.26. The molecule has 3 rings (SSSR count). The number of hydrogen-bond donors (Lipinski definition) is 1. The van der Waals surface area contributed by atoms with Crippen LogP contribution in [0.5, 0.6) is 0 Å². The Morgan fingerprint density at radius 3 is 2.33 bits per heavy atom. The van der Waals surface area contributed by atoms with Crippen molar-refractivity contribution >= 4 is 11.9 Å². The van der Waals surface area contributed by atoms with Gasteiger partial charge in [0, 0.05) is 23.5 Å². The van der Waals surface area contributed by atoms with Crippen LogP contribution in [-0.2, 0) is 22.5 Å². The summed E-state index contributed by atoms with van der Waals surface area (Å²) in [6, 6.07) is 19.0. The molecule has 152 valence electrons. The lowest BCUT2D eigenvalue weighted by molar-refractivity contribution is -0.140. The Balaban J connectivity index is 2.20. The number of ether oxygens (including phenoxy) is 1. The lowest BCUT2D eigenvalue weighted by Gasteiger charge is -2.13. The molecule has 0 bridgehead atoms. The number of carbonyl (C=O) groups is 2. The fourth-order valence-corrected chi connectivity index (χ4v) is 3.68. The molecule has 3 aromatic rings. The molecule has 1 aromatic heterocycles. The van der Waals surface area contributed by atoms with Crippen molar-refractivity contribution < 1.29 is 14.3 Å². The van der Waals surface area contributed by atoms with E-state index in [-0.39, 0.29) is 12.4 Å². The lowest BCUT2D eigenvalue weighted by Crippen LogP contribution is -2.13. The molecule has 6 heteroatoms. The maximum absolute atomic E-state index is 12.4. The Kier molecular flexibility index (Phi) is 6.33. The maximum Gasteiger partial charge on any atom is 0.305 e. The molecular formula is C24H23N3O3. The molecule has 0 unspecified atom stereocenters. The number of benzene rings is 2. The summed E-state index contributed by atoms with van der Waals surface area (Å²) in [6.07, 6.45) is 0.569. The van der Waals surface area contributed by atoms with Crippen LogP contribution in [0.25, 0.3) is 11.1 Å². The Labute approximate surface area is 175 Å². The average Bonchev–Trinajstić information content (AvgIpc) is 3.04. The zero-order chi connectivity index (χ0) is 21.7. The van der Waals surface area contributed by atoms with E-state index in [1.54, 1.807) is 24.3 Å². The number of methoxy groups -OCH3 is 1. The normalized spacial score (nSPS) is 10.4. The fraction of sp³-hybridized carbons (Fsp3) is 0.208. The van der Waals surface area contributed by atoms with Crippen LogP contribution in [0.3, 0.4) is 0 Å². The number of aromatic nitrogens is 1. The van der Waals surface area contributed by atoms with E-state index in [0.29, 0.717) is 29.7 Å². The summed E-state index contributed by atoms with van der Waals surface area (Å²) >= 11 is 0. The molecule has 1 heterocycles. The Hall–Kier alpha value is -3.85. The van der Waals surface area contributed by atoms with Gasteiger partial charge in [-0.05, 0) is 36.6 Å². The number of nitrogens with two attached hydrogens (primary N) is 1. The molecule has 0 aliphatic rings. The molecule has 0 aliphatic heterocycles. The van der Waals surface area contributed by atoms with E-state index in [1.807, 2.05) is 41.8 Å². The van der Waals surface area contributed by atoms with Gasteiger partial charge in [0.25, 0.3) is 5.91 Å². The Morgan fingerprint density at radius 1 is 1.10 bits per heavy atom. The van der Waals surface area contributed by atoms with Crippen LogP contribution in [0.4, 0.5) is 0 Å². The smallest absolute Gasteiger partial charge is 0.305 e. The molecule has 0 atom stereocenters. The number of hydrogen-bond acceptors (Lipinski definition) is 4. The van der Waals surface area contributed by atoms with E-state index in [0.717, 1.165) is 22.5 Å². The van der Waals surface area contributed by atoms with Crippen LogP contribution in [0, 0.1) is 18.3 Å². The molecule has 2 aromatic carbocycles. The van der Waals surface area contributed by atoms with Gasteiger partial charge in [0.05, 0.1) is 30.7 Å². The van der Waals surface area contributed by atoms with Gasteiger partial charge >= 0.3 is 5.97 Å². The van der Waals surface area contributed by atoms with Gasteiger partial charge < -0.3 is 15.0 Å². The summed E-state index contributed by atoms with van der Waals surface area (Å²) in [5.74, 6) is -0.857. The lowest BCUT2D eigenvalue weighted by atomic mass is 9.97. The highest BCUT2D eigenvalue weighted by molar-refractivity contribution is 6.02. The van der Waals surface area contributed by atoms with Crippen molar-refractivity contribution in [2.75, 3.05) is 7.11 Å². The molecule has 0 saturated heterocycles. The predicted octanol–water partition coefficient (Wildman–Crippen LogP) is 3.59. The van der Waals surface area contributed by atoms with E-state index in [2.05, 4.69) is 6.07 Å². The third-order valence-electron chi connectivity index (χ3n) is 5.16. The van der Waals surface area contributed by atoms with Gasteiger partial charge in [0.15, 0.2) is 0 Å². The summed E-state index contributed by atoms with van der Waals surface area (Å²) in [5.41, 5.74) is 10.8. The minimum absolute atomic E-state index is 0.177. The second kappa shape index (κ2) is 9.10. The van der Waals surface area contributed by atoms with Gasteiger partial charge in [-0.1, -0.05) is 42.5 Å². The van der Waals surface area contributed by atoms with Crippen molar-refractivity contribution in [2.24, 2.45) is 5.73 Å². The number of rotatable bonds is 7. The van der Waals surface area contributed by atoms with Crippen LogP contribution in [-0.4, -0.2) is 23.6 Å². The highest BCUT2D eigenvalue weighted by Crippen LogP contribution is 2.34. The van der Waals surface area contributed by atoms with E-state index in [1.165, 1.54) is 7.11 Å². The van der Waals surface area contributed by atoms with Crippen LogP contribution in [0.1, 0.15) is 39.3 Å². The minimum atomic E-state index is -0.530. The zero-order valence-electron chi connectivity index (χ0n) is 17.0. The van der Waals surface area contributed by atoms with Gasteiger partial charge in [0.2, 0.25) is 0 Å². The quantitative estimate of drug-likeness (QED) is 0.612. The van der Waals surface area contributed by atoms with E-state index >= 15 is 0 Å². The molecule has 0 fully saturated rings. The molecule has 1 amide bonds. The first-order chi connectivity index (χ1) is 14.5. The predicted molar refractivity (Wildman–Crippen MR) is 114 cm³/mol. The van der Waals surface area contributed by atoms with Crippen LogP contribution in [0.15, 0.2) is 54.6 Å². The Bertz CT molecular complexity index is 1110. The number of nitriles is 1. The second-order valence-electron chi connectivity index (χ2n) is 6.98. The summed E-state index contributed by atoms with van der Waals surface area (Å²) in [5, 5.41) is 9.10. The highest BCUT2D eigenvalue weighted by atomic mass is 16.5. The van der Waals surface area contributed by atoms with Crippen molar-refractivity contribution in [3.8, 4) is 17.2 Å². The van der Waals surface area contributed by atoms with Crippen molar-refractivity contribution in [3.05, 3.63) is 82.7 Å². The molecule has 0 radical (unpaired) electrons. The molecule has 30 heavy (non-hydrogen) atoms. The monoisotopic (exact) mass is 401 g/mol. The minimum Gasteiger partial charge on any atom is -0.469 e. The van der Waals surface area contributed by atoms with Crippen LogP contribution >= 0.6 is 0 Å². The topological polar surface area (TPSA) is 98.1 Å². The molecular weight excluding hydrogens is 378 g/mol. The molecule has 0 aliphatic carbocycles. The number of amides is 1. The third-order valence-corrected chi connectivity index (χ3v) is 5.16. The van der Waals surface area contributed by atoms with Gasteiger partial charge in [-0.3, -0.25) is 9.59 Å². The van der Waals surface area contributed by atoms with Gasteiger partial charge in [-0.2, -0.15) is 5.26 Å². The number of primary amides is 1. The summed E-state index contributed by atoms with van der Waals surface area (Å²) in [6.45, 7) is 2.40. The molecule has 2 N–H and O–H groups in total. The summed E-state index contributed by atoms with van der Waals surface area (Å²) in [7, 11) is 1.35. The van der Waals surface area contributed by atoms with E-state index in [9.17, 15) is 9.59 Å².